The predicted octanol–water partition coefficient (Wildman–Crippen LogP) is 1.56. The van der Waals surface area contributed by atoms with E-state index in [1.807, 2.05) is 6.07 Å². The van der Waals surface area contributed by atoms with Crippen LogP contribution in [0.5, 0.6) is 0 Å². The number of methoxy groups -OCH3 is 1. The van der Waals surface area contributed by atoms with Crippen molar-refractivity contribution in [2.75, 3.05) is 31.6 Å². The normalized spacial score (nSPS) is 19.9. The van der Waals surface area contributed by atoms with Gasteiger partial charge in [-0.25, -0.2) is 4.39 Å². The Kier molecular flexibility index (Phi) is 4.74. The van der Waals surface area contributed by atoms with Crippen molar-refractivity contribution < 1.29 is 13.9 Å². The number of carbonyl (C=O) groups excluding carboxylic acids is 1. The summed E-state index contributed by atoms with van der Waals surface area (Å²) >= 11 is 0. The zero-order valence-electron chi connectivity index (χ0n) is 11.1. The summed E-state index contributed by atoms with van der Waals surface area (Å²) in [4.78, 5) is 13.5. The molecule has 1 unspecified atom stereocenters. The molecule has 4 nitrogen and oxygen atoms in total. The van der Waals surface area contributed by atoms with Gasteiger partial charge in [0.25, 0.3) is 0 Å². The average Bonchev–Trinajstić information content (AvgIpc) is 2.64. The quantitative estimate of drug-likeness (QED) is 0.843. The van der Waals surface area contributed by atoms with Gasteiger partial charge in [-0.15, -0.1) is 0 Å². The summed E-state index contributed by atoms with van der Waals surface area (Å²) < 4.78 is 18.0. The maximum atomic E-state index is 13.3. The van der Waals surface area contributed by atoms with E-state index in [1.54, 1.807) is 6.07 Å². The van der Waals surface area contributed by atoms with E-state index in [0.29, 0.717) is 13.0 Å². The highest BCUT2D eigenvalue weighted by Gasteiger charge is 2.20. The van der Waals surface area contributed by atoms with Crippen LogP contribution in [-0.4, -0.2) is 38.8 Å². The molecule has 1 aromatic carbocycles. The first-order valence-corrected chi connectivity index (χ1v) is 6.50. The number of halogens is 1. The fourth-order valence-electron chi connectivity index (χ4n) is 2.33. The van der Waals surface area contributed by atoms with Crippen LogP contribution in [0, 0.1) is 5.82 Å². The third-order valence-corrected chi connectivity index (χ3v) is 3.29. The second-order valence-corrected chi connectivity index (χ2v) is 4.71. The molecular weight excluding hydrogens is 247 g/mol. The number of nitrogens with zero attached hydrogens (tertiary/aromatic N) is 1. The van der Waals surface area contributed by atoms with Crippen LogP contribution in [0.1, 0.15) is 12.8 Å². The molecule has 5 heteroatoms. The van der Waals surface area contributed by atoms with Gasteiger partial charge in [0, 0.05) is 24.8 Å². The first-order chi connectivity index (χ1) is 9.19. The maximum Gasteiger partial charge on any atom is 0.307 e. The molecule has 1 aromatic rings. The Labute approximate surface area is 112 Å². The summed E-state index contributed by atoms with van der Waals surface area (Å²) in [6.07, 6.45) is 1.30. The Morgan fingerprint density at radius 3 is 3.16 bits per heavy atom. The van der Waals surface area contributed by atoms with Crippen LogP contribution in [-0.2, 0) is 9.53 Å². The van der Waals surface area contributed by atoms with E-state index in [0.717, 1.165) is 25.2 Å². The van der Waals surface area contributed by atoms with Crippen LogP contribution in [0.25, 0.3) is 0 Å². The Morgan fingerprint density at radius 1 is 1.58 bits per heavy atom. The third kappa shape index (κ3) is 3.92. The molecule has 1 aliphatic rings. The number of ether oxygens (including phenoxy) is 1. The number of esters is 1. The van der Waals surface area contributed by atoms with Crippen LogP contribution in [0.3, 0.4) is 0 Å². The molecular formula is C14H19FN2O2. The molecule has 0 radical (unpaired) electrons. The fraction of sp³-hybridized carbons (Fsp3) is 0.500. The first kappa shape index (κ1) is 13.8. The number of benzene rings is 1. The molecule has 0 amide bonds. The van der Waals surface area contributed by atoms with Gasteiger partial charge < -0.3 is 15.0 Å². The lowest BCUT2D eigenvalue weighted by molar-refractivity contribution is -0.141. The summed E-state index contributed by atoms with van der Waals surface area (Å²) in [7, 11) is 1.39. The second kappa shape index (κ2) is 6.52. The third-order valence-electron chi connectivity index (χ3n) is 3.29. The molecule has 0 saturated carbocycles. The van der Waals surface area contributed by atoms with E-state index in [1.165, 1.54) is 19.2 Å². The van der Waals surface area contributed by atoms with Gasteiger partial charge >= 0.3 is 5.97 Å². The zero-order valence-corrected chi connectivity index (χ0v) is 11.1. The van der Waals surface area contributed by atoms with Crippen LogP contribution in [0.15, 0.2) is 24.3 Å². The molecule has 1 heterocycles. The smallest absolute Gasteiger partial charge is 0.307 e. The number of carbonyl (C=O) groups is 1. The Bertz CT molecular complexity index is 439. The fourth-order valence-corrected chi connectivity index (χ4v) is 2.33. The molecule has 0 aromatic heterocycles. The average molecular weight is 266 g/mol. The van der Waals surface area contributed by atoms with Crippen LogP contribution < -0.4 is 10.2 Å². The van der Waals surface area contributed by atoms with Crippen molar-refractivity contribution in [3.05, 3.63) is 30.1 Å². The SMILES string of the molecule is COC(=O)CC1CN(c2cccc(F)c2)CCCN1. The van der Waals surface area contributed by atoms with Crippen molar-refractivity contribution in [1.82, 2.24) is 5.32 Å². The van der Waals surface area contributed by atoms with E-state index in [4.69, 9.17) is 4.74 Å². The van der Waals surface area contributed by atoms with Crippen molar-refractivity contribution in [1.29, 1.82) is 0 Å². The van der Waals surface area contributed by atoms with Crippen molar-refractivity contribution in [3.8, 4) is 0 Å². The van der Waals surface area contributed by atoms with Crippen LogP contribution in [0.4, 0.5) is 10.1 Å². The molecule has 1 atom stereocenters. The number of anilines is 1. The topological polar surface area (TPSA) is 41.6 Å². The lowest BCUT2D eigenvalue weighted by Gasteiger charge is -2.26. The van der Waals surface area contributed by atoms with Crippen molar-refractivity contribution >= 4 is 11.7 Å². The highest BCUT2D eigenvalue weighted by molar-refractivity contribution is 5.70. The molecule has 0 aliphatic carbocycles. The first-order valence-electron chi connectivity index (χ1n) is 6.50. The Balaban J connectivity index is 2.06. The second-order valence-electron chi connectivity index (χ2n) is 4.71. The van der Waals surface area contributed by atoms with Crippen LogP contribution >= 0.6 is 0 Å². The van der Waals surface area contributed by atoms with Gasteiger partial charge in [-0.2, -0.15) is 0 Å². The highest BCUT2D eigenvalue weighted by atomic mass is 19.1. The van der Waals surface area contributed by atoms with Crippen molar-refractivity contribution in [2.24, 2.45) is 0 Å². The van der Waals surface area contributed by atoms with Gasteiger partial charge in [-0.05, 0) is 31.2 Å². The minimum Gasteiger partial charge on any atom is -0.469 e. The lowest BCUT2D eigenvalue weighted by atomic mass is 10.2. The minimum absolute atomic E-state index is 0.0400. The molecule has 1 N–H and O–H groups in total. The van der Waals surface area contributed by atoms with E-state index in [2.05, 4.69) is 10.2 Å². The van der Waals surface area contributed by atoms with Gasteiger partial charge in [0.1, 0.15) is 5.82 Å². The van der Waals surface area contributed by atoms with Gasteiger partial charge in [-0.1, -0.05) is 6.07 Å². The summed E-state index contributed by atoms with van der Waals surface area (Å²) in [6, 6.07) is 6.60. The van der Waals surface area contributed by atoms with Gasteiger partial charge in [0.15, 0.2) is 0 Å². The molecule has 1 saturated heterocycles. The molecule has 104 valence electrons. The van der Waals surface area contributed by atoms with E-state index < -0.39 is 0 Å². The molecule has 0 bridgehead atoms. The molecule has 2 rings (SSSR count). The highest BCUT2D eigenvalue weighted by Crippen LogP contribution is 2.18. The standard InChI is InChI=1S/C14H19FN2O2/c1-19-14(18)9-12-10-17(7-3-6-16-12)13-5-2-4-11(15)8-13/h2,4-5,8,12,16H,3,6-7,9-10H2,1H3. The van der Waals surface area contributed by atoms with Crippen LogP contribution in [0.2, 0.25) is 0 Å². The van der Waals surface area contributed by atoms with Gasteiger partial charge in [0.2, 0.25) is 0 Å². The minimum atomic E-state index is -0.237. The molecule has 1 aliphatic heterocycles. The van der Waals surface area contributed by atoms with Gasteiger partial charge in [-0.3, -0.25) is 4.79 Å². The van der Waals surface area contributed by atoms with Crippen molar-refractivity contribution in [3.63, 3.8) is 0 Å². The number of hydrogen-bond acceptors (Lipinski definition) is 4. The van der Waals surface area contributed by atoms with Gasteiger partial charge in [0.05, 0.1) is 13.5 Å². The maximum absolute atomic E-state index is 13.3. The zero-order chi connectivity index (χ0) is 13.7. The Morgan fingerprint density at radius 2 is 2.42 bits per heavy atom. The Hall–Kier alpha value is -1.62. The summed E-state index contributed by atoms with van der Waals surface area (Å²) in [6.45, 7) is 2.39. The number of nitrogens with one attached hydrogen (secondary N) is 1. The van der Waals surface area contributed by atoms with Crippen molar-refractivity contribution in [2.45, 2.75) is 18.9 Å². The summed E-state index contributed by atoms with van der Waals surface area (Å²) in [5.74, 6) is -0.460. The number of hydrogen-bond donors (Lipinski definition) is 1. The van der Waals surface area contributed by atoms with E-state index in [9.17, 15) is 9.18 Å². The summed E-state index contributed by atoms with van der Waals surface area (Å²) in [5.41, 5.74) is 0.860. The predicted molar refractivity (Wildman–Crippen MR) is 71.7 cm³/mol. The molecule has 0 spiro atoms. The number of rotatable bonds is 3. The summed E-state index contributed by atoms with van der Waals surface area (Å²) in [5, 5.41) is 3.32. The monoisotopic (exact) mass is 266 g/mol. The lowest BCUT2D eigenvalue weighted by Crippen LogP contribution is -2.39. The molecule has 1 fully saturated rings. The molecule has 19 heavy (non-hydrogen) atoms. The largest absolute Gasteiger partial charge is 0.469 e. The van der Waals surface area contributed by atoms with E-state index in [-0.39, 0.29) is 17.8 Å². The van der Waals surface area contributed by atoms with E-state index >= 15 is 0 Å².